The standard InChI is InChI=1S/C66H45N3Si/c1-6-22-46(23-7-1)47-38-41-61-57(44-47)65-64(70(50-26-10-3-11-27-50,51-28-12-4-13-29-51)52-30-14-5-15-31-52)43-42-62(69-59-36-20-17-32-53(59)54-33-18-21-37-60(54)69)66(65)68(61)49-39-40-56-55-34-16-19-35-58(55)67(63(56)45-49)48-24-8-2-9-25-48/h1-45H. The first-order chi connectivity index (χ1) is 34.8. The van der Waals surface area contributed by atoms with Crippen LogP contribution in [0.4, 0.5) is 0 Å². The molecular weight excluding hydrogens is 863 g/mol. The first kappa shape index (κ1) is 40.1. The van der Waals surface area contributed by atoms with Crippen molar-refractivity contribution in [2.45, 2.75) is 0 Å². The van der Waals surface area contributed by atoms with Gasteiger partial charge in [0.05, 0.1) is 38.8 Å². The van der Waals surface area contributed by atoms with Crippen molar-refractivity contribution >= 4 is 94.2 Å². The van der Waals surface area contributed by atoms with E-state index in [2.05, 4.69) is 287 Å². The Bertz CT molecular complexity index is 4120. The molecule has 0 unspecified atom stereocenters. The summed E-state index contributed by atoms with van der Waals surface area (Å²) in [6.45, 7) is 0. The van der Waals surface area contributed by atoms with E-state index in [9.17, 15) is 0 Å². The van der Waals surface area contributed by atoms with Gasteiger partial charge >= 0.3 is 0 Å². The number of rotatable bonds is 8. The van der Waals surface area contributed by atoms with E-state index in [0.29, 0.717) is 0 Å². The lowest BCUT2D eigenvalue weighted by Gasteiger charge is -2.35. The molecule has 0 fully saturated rings. The summed E-state index contributed by atoms with van der Waals surface area (Å²) >= 11 is 0. The molecule has 70 heavy (non-hydrogen) atoms. The SMILES string of the molecule is c1ccc(-c2ccc3c(c2)c2c([Si](c4ccccc4)(c4ccccc4)c4ccccc4)ccc(-n4c5ccccc5c5ccccc54)c2n3-c2ccc3c4ccccc4n(-c4ccccc4)c3c2)cc1. The van der Waals surface area contributed by atoms with Crippen LogP contribution in [0.5, 0.6) is 0 Å². The van der Waals surface area contributed by atoms with Gasteiger partial charge in [-0.2, -0.15) is 0 Å². The fraction of sp³-hybridized carbons (Fsp3) is 0. The summed E-state index contributed by atoms with van der Waals surface area (Å²) in [7, 11) is -3.13. The summed E-state index contributed by atoms with van der Waals surface area (Å²) in [6.07, 6.45) is 0. The van der Waals surface area contributed by atoms with Gasteiger partial charge in [0.15, 0.2) is 8.07 Å². The van der Waals surface area contributed by atoms with Crippen LogP contribution >= 0.6 is 0 Å². The number of hydrogen-bond acceptors (Lipinski definition) is 0. The summed E-state index contributed by atoms with van der Waals surface area (Å²) in [5.41, 5.74) is 12.8. The maximum Gasteiger partial charge on any atom is 0.180 e. The largest absolute Gasteiger partial charge is 0.309 e. The normalized spacial score (nSPS) is 12.0. The molecule has 0 atom stereocenters. The molecule has 0 saturated heterocycles. The van der Waals surface area contributed by atoms with Crippen molar-refractivity contribution in [2.24, 2.45) is 0 Å². The third-order valence-corrected chi connectivity index (χ3v) is 19.6. The molecule has 328 valence electrons. The van der Waals surface area contributed by atoms with Crippen molar-refractivity contribution in [3.8, 4) is 28.2 Å². The van der Waals surface area contributed by atoms with Gasteiger partial charge in [-0.1, -0.05) is 212 Å². The van der Waals surface area contributed by atoms with Crippen LogP contribution in [0.1, 0.15) is 0 Å². The van der Waals surface area contributed by atoms with E-state index < -0.39 is 8.07 Å². The second kappa shape index (κ2) is 16.1. The Kier molecular flexibility index (Phi) is 9.23. The molecule has 0 aliphatic carbocycles. The molecule has 0 aliphatic heterocycles. The molecule has 0 amide bonds. The van der Waals surface area contributed by atoms with Gasteiger partial charge in [-0.3, -0.25) is 0 Å². The van der Waals surface area contributed by atoms with Gasteiger partial charge < -0.3 is 13.7 Å². The molecule has 0 spiro atoms. The van der Waals surface area contributed by atoms with Crippen LogP contribution < -0.4 is 20.7 Å². The summed E-state index contributed by atoms with van der Waals surface area (Å²) < 4.78 is 7.56. The lowest BCUT2D eigenvalue weighted by atomic mass is 10.0. The Balaban J connectivity index is 1.22. The molecule has 11 aromatic carbocycles. The third kappa shape index (κ3) is 5.94. The fourth-order valence-electron chi connectivity index (χ4n) is 11.9. The lowest BCUT2D eigenvalue weighted by Crippen LogP contribution is -2.74. The molecule has 3 nitrogen and oxygen atoms in total. The number of para-hydroxylation sites is 4. The number of benzene rings is 11. The Labute approximate surface area is 407 Å². The zero-order valence-electron chi connectivity index (χ0n) is 38.3. The Morgan fingerprint density at radius 2 is 0.714 bits per heavy atom. The van der Waals surface area contributed by atoms with Crippen molar-refractivity contribution in [2.75, 3.05) is 0 Å². The van der Waals surface area contributed by atoms with Crippen LogP contribution in [0.3, 0.4) is 0 Å². The predicted octanol–water partition coefficient (Wildman–Crippen LogP) is 14.0. The van der Waals surface area contributed by atoms with E-state index in [1.54, 1.807) is 0 Å². The molecule has 0 radical (unpaired) electrons. The first-order valence-corrected chi connectivity index (χ1v) is 26.2. The lowest BCUT2D eigenvalue weighted by molar-refractivity contribution is 1.13. The van der Waals surface area contributed by atoms with Gasteiger partial charge in [0.1, 0.15) is 0 Å². The molecule has 3 aromatic heterocycles. The molecule has 14 rings (SSSR count). The smallest absolute Gasteiger partial charge is 0.180 e. The van der Waals surface area contributed by atoms with Crippen LogP contribution in [0.25, 0.3) is 93.6 Å². The number of hydrogen-bond donors (Lipinski definition) is 0. The van der Waals surface area contributed by atoms with Gasteiger partial charge in [-0.15, -0.1) is 0 Å². The first-order valence-electron chi connectivity index (χ1n) is 24.2. The Morgan fingerprint density at radius 3 is 1.27 bits per heavy atom. The maximum absolute atomic E-state index is 3.13. The minimum absolute atomic E-state index is 1.10. The van der Waals surface area contributed by atoms with Crippen LogP contribution in [-0.4, -0.2) is 21.8 Å². The van der Waals surface area contributed by atoms with Crippen molar-refractivity contribution in [3.05, 3.63) is 273 Å². The Hall–Kier alpha value is -8.96. The third-order valence-electron chi connectivity index (χ3n) is 14.8. The van der Waals surface area contributed by atoms with Gasteiger partial charge in [0.2, 0.25) is 0 Å². The zero-order valence-corrected chi connectivity index (χ0v) is 39.3. The summed E-state index contributed by atoms with van der Waals surface area (Å²) in [4.78, 5) is 0. The number of fused-ring (bicyclic) bond motifs is 9. The average Bonchev–Trinajstić information content (AvgIpc) is 4.08. The maximum atomic E-state index is 2.59. The monoisotopic (exact) mass is 907 g/mol. The average molecular weight is 908 g/mol. The van der Waals surface area contributed by atoms with Crippen molar-refractivity contribution in [1.29, 1.82) is 0 Å². The van der Waals surface area contributed by atoms with E-state index in [0.717, 1.165) is 28.1 Å². The van der Waals surface area contributed by atoms with Crippen LogP contribution in [0.15, 0.2) is 273 Å². The van der Waals surface area contributed by atoms with Crippen molar-refractivity contribution in [3.63, 3.8) is 0 Å². The number of nitrogens with zero attached hydrogens (tertiary/aromatic N) is 3. The topological polar surface area (TPSA) is 14.8 Å². The van der Waals surface area contributed by atoms with Gasteiger partial charge in [-0.05, 0) is 92.5 Å². The van der Waals surface area contributed by atoms with E-state index in [4.69, 9.17) is 0 Å². The van der Waals surface area contributed by atoms with E-state index in [1.807, 2.05) is 0 Å². The minimum atomic E-state index is -3.13. The van der Waals surface area contributed by atoms with E-state index >= 15 is 0 Å². The second-order valence-corrected chi connectivity index (χ2v) is 22.2. The van der Waals surface area contributed by atoms with Crippen molar-refractivity contribution < 1.29 is 0 Å². The highest BCUT2D eigenvalue weighted by molar-refractivity contribution is 7.20. The van der Waals surface area contributed by atoms with E-state index in [1.165, 1.54) is 86.3 Å². The number of aromatic nitrogens is 3. The molecule has 0 bridgehead atoms. The van der Waals surface area contributed by atoms with Crippen LogP contribution in [-0.2, 0) is 0 Å². The highest BCUT2D eigenvalue weighted by Crippen LogP contribution is 2.42. The molecule has 4 heteroatoms. The summed E-state index contributed by atoms with van der Waals surface area (Å²) in [5.74, 6) is 0. The molecule has 0 N–H and O–H groups in total. The predicted molar refractivity (Wildman–Crippen MR) is 299 cm³/mol. The summed E-state index contributed by atoms with van der Waals surface area (Å²) in [5, 5.41) is 12.8. The van der Waals surface area contributed by atoms with E-state index in [-0.39, 0.29) is 0 Å². The van der Waals surface area contributed by atoms with Gasteiger partial charge in [-0.25, -0.2) is 0 Å². The fourth-order valence-corrected chi connectivity index (χ4v) is 16.8. The molecular formula is C66H45N3Si. The van der Waals surface area contributed by atoms with Crippen LogP contribution in [0.2, 0.25) is 0 Å². The zero-order chi connectivity index (χ0) is 46.2. The highest BCUT2D eigenvalue weighted by atomic mass is 28.3. The molecule has 0 aliphatic rings. The second-order valence-electron chi connectivity index (χ2n) is 18.4. The molecule has 0 saturated carbocycles. The summed E-state index contributed by atoms with van der Waals surface area (Å²) in [6, 6.07) is 102. The van der Waals surface area contributed by atoms with Crippen molar-refractivity contribution in [1.82, 2.24) is 13.7 Å². The molecule has 3 heterocycles. The van der Waals surface area contributed by atoms with Gasteiger partial charge in [0, 0.05) is 43.7 Å². The molecule has 14 aromatic rings. The quantitative estimate of drug-likeness (QED) is 0.107. The van der Waals surface area contributed by atoms with Gasteiger partial charge in [0.25, 0.3) is 0 Å². The Morgan fingerprint density at radius 1 is 0.257 bits per heavy atom. The highest BCUT2D eigenvalue weighted by Gasteiger charge is 2.44. The minimum Gasteiger partial charge on any atom is -0.309 e. The van der Waals surface area contributed by atoms with Crippen LogP contribution in [0, 0.1) is 0 Å².